The predicted octanol–water partition coefficient (Wildman–Crippen LogP) is 1.11. The van der Waals surface area contributed by atoms with Crippen LogP contribution < -0.4 is 10.6 Å². The molecule has 140 valence electrons. The minimum absolute atomic E-state index is 0.0723. The molecular formula is C16H27N3O5P+. The first-order valence-electron chi connectivity index (χ1n) is 8.09. The van der Waals surface area contributed by atoms with E-state index in [0.29, 0.717) is 6.54 Å². The van der Waals surface area contributed by atoms with Crippen LogP contribution in [-0.2, 0) is 13.9 Å². The average Bonchev–Trinajstić information content (AvgIpc) is 2.87. The van der Waals surface area contributed by atoms with Crippen molar-refractivity contribution in [2.75, 3.05) is 44.9 Å². The lowest BCUT2D eigenvalue weighted by molar-refractivity contribution is -0.890. The van der Waals surface area contributed by atoms with Gasteiger partial charge in [-0.05, 0) is 37.1 Å². The highest BCUT2D eigenvalue weighted by atomic mass is 31.2. The Labute approximate surface area is 148 Å². The van der Waals surface area contributed by atoms with Crippen LogP contribution in [0.4, 0.5) is 11.4 Å². The van der Waals surface area contributed by atoms with Crippen LogP contribution in [0, 0.1) is 12.8 Å². The Morgan fingerprint density at radius 3 is 2.56 bits per heavy atom. The number of carbonyl (C=O) groups is 1. The fourth-order valence-corrected chi connectivity index (χ4v) is 3.79. The Hall–Kier alpha value is -1.60. The molecule has 1 heterocycles. The van der Waals surface area contributed by atoms with Crippen molar-refractivity contribution < 1.29 is 28.2 Å². The second kappa shape index (κ2) is 6.96. The number of nitrogen functional groups attached to an aromatic ring is 1. The minimum atomic E-state index is -4.86. The van der Waals surface area contributed by atoms with Gasteiger partial charge in [0.2, 0.25) is 0 Å². The van der Waals surface area contributed by atoms with Crippen molar-refractivity contribution in [3.8, 4) is 0 Å². The zero-order valence-electron chi connectivity index (χ0n) is 15.0. The monoisotopic (exact) mass is 372 g/mol. The summed E-state index contributed by atoms with van der Waals surface area (Å²) in [7, 11) is 0.605. The summed E-state index contributed by atoms with van der Waals surface area (Å²) in [6.45, 7) is 3.31. The summed E-state index contributed by atoms with van der Waals surface area (Å²) in [5, 5.41) is 0. The number of nitrogens with two attached hydrogens (primary N) is 1. The summed E-state index contributed by atoms with van der Waals surface area (Å²) in [6, 6.07) is 5.15. The normalized spacial score (nSPS) is 19.8. The molecule has 1 fully saturated rings. The van der Waals surface area contributed by atoms with Gasteiger partial charge in [-0.2, -0.15) is 0 Å². The molecule has 0 amide bonds. The van der Waals surface area contributed by atoms with Crippen LogP contribution in [0.2, 0.25) is 0 Å². The van der Waals surface area contributed by atoms with Gasteiger partial charge in [-0.25, -0.2) is 9.36 Å². The first-order chi connectivity index (χ1) is 11.4. The van der Waals surface area contributed by atoms with Gasteiger partial charge in [0.1, 0.15) is 0 Å². The molecule has 4 N–H and O–H groups in total. The number of hydrogen-bond acceptors (Lipinski definition) is 5. The molecule has 1 aliphatic rings. The molecule has 0 saturated carbocycles. The third kappa shape index (κ3) is 4.95. The van der Waals surface area contributed by atoms with Crippen LogP contribution >= 0.6 is 7.82 Å². The molecule has 0 bridgehead atoms. The molecule has 0 aliphatic carbocycles. The maximum Gasteiger partial charge on any atom is 0.527 e. The SMILES string of the molecule is Cc1cc(N2CCC(C(C(=O)OP(=O)(O)O)[N+](C)(C)C)C2)ccc1N. The topological polar surface area (TPSA) is 113 Å². The number of quaternary nitrogens is 1. The maximum atomic E-state index is 12.4. The third-order valence-corrected chi connectivity index (χ3v) is 4.99. The molecular weight excluding hydrogens is 345 g/mol. The molecule has 2 unspecified atom stereocenters. The summed E-state index contributed by atoms with van der Waals surface area (Å²) >= 11 is 0. The van der Waals surface area contributed by atoms with E-state index in [9.17, 15) is 9.36 Å². The van der Waals surface area contributed by atoms with Gasteiger partial charge in [0.05, 0.1) is 21.1 Å². The van der Waals surface area contributed by atoms with Crippen LogP contribution in [-0.4, -0.2) is 60.5 Å². The van der Waals surface area contributed by atoms with E-state index in [-0.39, 0.29) is 10.4 Å². The average molecular weight is 372 g/mol. The number of nitrogens with zero attached hydrogens (tertiary/aromatic N) is 2. The van der Waals surface area contributed by atoms with Crippen molar-refractivity contribution in [1.29, 1.82) is 0 Å². The Kier molecular flexibility index (Phi) is 5.49. The molecule has 1 saturated heterocycles. The number of benzene rings is 1. The van der Waals surface area contributed by atoms with E-state index in [1.165, 1.54) is 0 Å². The second-order valence-electron chi connectivity index (χ2n) is 7.50. The minimum Gasteiger partial charge on any atom is -0.399 e. The molecule has 9 heteroatoms. The summed E-state index contributed by atoms with van der Waals surface area (Å²) in [5.74, 6) is -0.932. The van der Waals surface area contributed by atoms with Gasteiger partial charge in [-0.15, -0.1) is 0 Å². The van der Waals surface area contributed by atoms with Gasteiger partial charge in [0, 0.05) is 30.4 Å². The van der Waals surface area contributed by atoms with Gasteiger partial charge in [0.15, 0.2) is 6.04 Å². The zero-order valence-corrected chi connectivity index (χ0v) is 15.9. The standard InChI is InChI=1S/C16H26N3O5P/c1-11-9-13(5-6-14(11)17)18-8-7-12(10-18)15(19(2,3)4)16(20)24-25(21,22)23/h5-6,9,12,15H,7-8,10,17H2,1-4H3,(H-,21,22,23)/p+1. The van der Waals surface area contributed by atoms with Crippen LogP contribution in [0.25, 0.3) is 0 Å². The van der Waals surface area contributed by atoms with E-state index in [1.807, 2.05) is 46.3 Å². The molecule has 0 spiro atoms. The zero-order chi connectivity index (χ0) is 19.0. The van der Waals surface area contributed by atoms with Crippen molar-refractivity contribution in [3.05, 3.63) is 23.8 Å². The number of aryl methyl sites for hydroxylation is 1. The Balaban J connectivity index is 2.19. The van der Waals surface area contributed by atoms with E-state index in [0.717, 1.165) is 29.9 Å². The van der Waals surface area contributed by atoms with Gasteiger partial charge in [-0.1, -0.05) is 0 Å². The van der Waals surface area contributed by atoms with Gasteiger partial charge >= 0.3 is 13.8 Å². The number of carbonyl (C=O) groups excluding carboxylic acids is 1. The number of likely N-dealkylation sites (N-methyl/N-ethyl adjacent to an activating group) is 1. The smallest absolute Gasteiger partial charge is 0.399 e. The summed E-state index contributed by atoms with van der Waals surface area (Å²) < 4.78 is 15.7. The largest absolute Gasteiger partial charge is 0.527 e. The Morgan fingerprint density at radius 2 is 2.04 bits per heavy atom. The fourth-order valence-electron chi connectivity index (χ4n) is 3.45. The molecule has 0 aromatic heterocycles. The van der Waals surface area contributed by atoms with E-state index in [2.05, 4.69) is 9.42 Å². The van der Waals surface area contributed by atoms with E-state index in [4.69, 9.17) is 15.5 Å². The number of rotatable bonds is 5. The highest BCUT2D eigenvalue weighted by Gasteiger charge is 2.45. The lowest BCUT2D eigenvalue weighted by atomic mass is 9.96. The lowest BCUT2D eigenvalue weighted by Gasteiger charge is -2.35. The number of phosphoric acid groups is 1. The fraction of sp³-hybridized carbons (Fsp3) is 0.562. The maximum absolute atomic E-state index is 12.4. The molecule has 1 aromatic rings. The van der Waals surface area contributed by atoms with E-state index in [1.54, 1.807) is 0 Å². The highest BCUT2D eigenvalue weighted by molar-refractivity contribution is 7.46. The number of anilines is 2. The van der Waals surface area contributed by atoms with Crippen molar-refractivity contribution in [2.24, 2.45) is 5.92 Å². The van der Waals surface area contributed by atoms with Crippen molar-refractivity contribution >= 4 is 25.2 Å². The number of phosphoric ester groups is 1. The quantitative estimate of drug-likeness (QED) is 0.403. The molecule has 0 radical (unpaired) electrons. The van der Waals surface area contributed by atoms with Crippen LogP contribution in [0.3, 0.4) is 0 Å². The van der Waals surface area contributed by atoms with Gasteiger partial charge in [0.25, 0.3) is 0 Å². The van der Waals surface area contributed by atoms with Crippen molar-refractivity contribution in [3.63, 3.8) is 0 Å². The van der Waals surface area contributed by atoms with Crippen molar-refractivity contribution in [1.82, 2.24) is 0 Å². The summed E-state index contributed by atoms with van der Waals surface area (Å²) in [4.78, 5) is 32.5. The van der Waals surface area contributed by atoms with Crippen LogP contribution in [0.5, 0.6) is 0 Å². The van der Waals surface area contributed by atoms with Crippen LogP contribution in [0.1, 0.15) is 12.0 Å². The Morgan fingerprint density at radius 1 is 1.40 bits per heavy atom. The lowest BCUT2D eigenvalue weighted by Crippen LogP contribution is -2.54. The first kappa shape index (κ1) is 19.7. The molecule has 1 aliphatic heterocycles. The number of hydrogen-bond donors (Lipinski definition) is 3. The summed E-state index contributed by atoms with van der Waals surface area (Å²) in [6.07, 6.45) is 0.736. The Bertz CT molecular complexity index is 698. The molecule has 2 rings (SSSR count). The highest BCUT2D eigenvalue weighted by Crippen LogP contribution is 2.39. The predicted molar refractivity (Wildman–Crippen MR) is 95.9 cm³/mol. The van der Waals surface area contributed by atoms with Gasteiger partial charge < -0.3 is 19.6 Å². The molecule has 1 aromatic carbocycles. The first-order valence-corrected chi connectivity index (χ1v) is 9.62. The summed E-state index contributed by atoms with van der Waals surface area (Å²) in [5.41, 5.74) is 8.61. The van der Waals surface area contributed by atoms with Crippen LogP contribution in [0.15, 0.2) is 18.2 Å². The van der Waals surface area contributed by atoms with Crippen molar-refractivity contribution in [2.45, 2.75) is 19.4 Å². The molecule has 8 nitrogen and oxygen atoms in total. The molecule has 2 atom stereocenters. The van der Waals surface area contributed by atoms with Gasteiger partial charge in [-0.3, -0.25) is 9.79 Å². The molecule has 25 heavy (non-hydrogen) atoms. The van der Waals surface area contributed by atoms with E-state index >= 15 is 0 Å². The third-order valence-electron chi connectivity index (χ3n) is 4.57. The second-order valence-corrected chi connectivity index (χ2v) is 8.66. The van der Waals surface area contributed by atoms with E-state index < -0.39 is 19.8 Å².